The first-order valence-corrected chi connectivity index (χ1v) is 11.8. The van der Waals surface area contributed by atoms with Crippen LogP contribution in [0.2, 0.25) is 0 Å². The number of hydrogen-bond acceptors (Lipinski definition) is 4. The van der Waals surface area contributed by atoms with Crippen molar-refractivity contribution < 1.29 is 8.42 Å². The molecule has 2 heterocycles. The summed E-state index contributed by atoms with van der Waals surface area (Å²) in [7, 11) is -1.02. The van der Waals surface area contributed by atoms with Crippen LogP contribution in [0.5, 0.6) is 0 Å². The van der Waals surface area contributed by atoms with Crippen molar-refractivity contribution in [2.24, 2.45) is 10.9 Å². The van der Waals surface area contributed by atoms with Crippen molar-refractivity contribution in [3.8, 4) is 0 Å². The molecule has 0 spiro atoms. The molecule has 1 aromatic rings. The molecule has 0 amide bonds. The molecular weight excluding hydrogens is 360 g/mol. The number of benzene rings is 1. The van der Waals surface area contributed by atoms with Crippen molar-refractivity contribution in [1.82, 2.24) is 15.1 Å². The van der Waals surface area contributed by atoms with E-state index in [0.717, 1.165) is 45.0 Å². The Bertz CT molecular complexity index is 728. The Labute approximate surface area is 163 Å². The molecule has 7 heteroatoms. The molecule has 2 aliphatic rings. The minimum absolute atomic E-state index is 0.204. The van der Waals surface area contributed by atoms with E-state index in [1.54, 1.807) is 7.05 Å². The fraction of sp³-hybridized carbons (Fsp3) is 0.650. The van der Waals surface area contributed by atoms with Gasteiger partial charge in [-0.2, -0.15) is 0 Å². The van der Waals surface area contributed by atoms with E-state index in [9.17, 15) is 8.42 Å². The second-order valence-corrected chi connectivity index (χ2v) is 9.78. The lowest BCUT2D eigenvalue weighted by Crippen LogP contribution is -2.53. The van der Waals surface area contributed by atoms with Crippen LogP contribution in [0.15, 0.2) is 35.3 Å². The highest BCUT2D eigenvalue weighted by atomic mass is 32.2. The lowest BCUT2D eigenvalue weighted by atomic mass is 10.0. The molecule has 2 saturated heterocycles. The van der Waals surface area contributed by atoms with Crippen LogP contribution in [0.4, 0.5) is 0 Å². The third kappa shape index (κ3) is 5.23. The largest absolute Gasteiger partial charge is 0.356 e. The van der Waals surface area contributed by atoms with Gasteiger partial charge >= 0.3 is 0 Å². The fourth-order valence-corrected chi connectivity index (χ4v) is 6.09. The van der Waals surface area contributed by atoms with E-state index < -0.39 is 9.84 Å². The van der Waals surface area contributed by atoms with Gasteiger partial charge in [0.2, 0.25) is 0 Å². The van der Waals surface area contributed by atoms with Crippen LogP contribution >= 0.6 is 0 Å². The Kier molecular flexibility index (Phi) is 6.76. The summed E-state index contributed by atoms with van der Waals surface area (Å²) in [5.41, 5.74) is 1.39. The van der Waals surface area contributed by atoms with Crippen LogP contribution in [0.3, 0.4) is 0 Å². The molecule has 0 aliphatic carbocycles. The maximum absolute atomic E-state index is 11.6. The quantitative estimate of drug-likeness (QED) is 0.611. The highest BCUT2D eigenvalue weighted by molar-refractivity contribution is 7.91. The highest BCUT2D eigenvalue weighted by Crippen LogP contribution is 2.25. The van der Waals surface area contributed by atoms with Crippen LogP contribution < -0.4 is 5.32 Å². The topological polar surface area (TPSA) is 65.0 Å². The van der Waals surface area contributed by atoms with Gasteiger partial charge in [-0.3, -0.25) is 9.89 Å². The average molecular weight is 393 g/mol. The van der Waals surface area contributed by atoms with E-state index in [4.69, 9.17) is 0 Å². The van der Waals surface area contributed by atoms with E-state index in [-0.39, 0.29) is 5.92 Å². The Balaban J connectivity index is 1.51. The van der Waals surface area contributed by atoms with Gasteiger partial charge in [0.15, 0.2) is 15.8 Å². The molecule has 2 unspecified atom stereocenters. The summed E-state index contributed by atoms with van der Waals surface area (Å²) in [5.74, 6) is 1.73. The van der Waals surface area contributed by atoms with Crippen LogP contribution in [0.1, 0.15) is 31.4 Å². The number of aliphatic imine (C=N–C) groups is 1. The Hall–Kier alpha value is -1.60. The van der Waals surface area contributed by atoms with Gasteiger partial charge in [-0.05, 0) is 24.3 Å². The van der Waals surface area contributed by atoms with Crippen LogP contribution in [-0.2, 0) is 9.84 Å². The predicted molar refractivity (Wildman–Crippen MR) is 111 cm³/mol. The Morgan fingerprint density at radius 1 is 1.22 bits per heavy atom. The monoisotopic (exact) mass is 392 g/mol. The molecule has 2 fully saturated rings. The molecule has 27 heavy (non-hydrogen) atoms. The zero-order valence-electron chi connectivity index (χ0n) is 16.5. The van der Waals surface area contributed by atoms with Gasteiger partial charge in [0, 0.05) is 45.8 Å². The molecular formula is C20H32N4O2S. The third-order valence-electron chi connectivity index (χ3n) is 5.71. The summed E-state index contributed by atoms with van der Waals surface area (Å²) in [6, 6.07) is 11.2. The first-order chi connectivity index (χ1) is 13.0. The summed E-state index contributed by atoms with van der Waals surface area (Å²) in [4.78, 5) is 9.27. The van der Waals surface area contributed by atoms with Crippen molar-refractivity contribution in [1.29, 1.82) is 0 Å². The smallest absolute Gasteiger partial charge is 0.193 e. The number of guanidine groups is 1. The summed E-state index contributed by atoms with van der Waals surface area (Å²) in [5, 5.41) is 3.40. The van der Waals surface area contributed by atoms with Gasteiger partial charge in [-0.15, -0.1) is 0 Å². The van der Waals surface area contributed by atoms with E-state index >= 15 is 0 Å². The third-order valence-corrected chi connectivity index (χ3v) is 7.55. The molecule has 0 aromatic heterocycles. The molecule has 0 bridgehead atoms. The van der Waals surface area contributed by atoms with Crippen molar-refractivity contribution >= 4 is 15.8 Å². The number of piperazine rings is 1. The van der Waals surface area contributed by atoms with E-state index in [0.29, 0.717) is 24.1 Å². The number of sulfone groups is 1. The van der Waals surface area contributed by atoms with E-state index in [1.165, 1.54) is 5.56 Å². The van der Waals surface area contributed by atoms with Crippen molar-refractivity contribution in [3.05, 3.63) is 35.9 Å². The molecule has 2 aliphatic heterocycles. The van der Waals surface area contributed by atoms with Gasteiger partial charge in [-0.1, -0.05) is 37.3 Å². The lowest BCUT2D eigenvalue weighted by molar-refractivity contribution is 0.127. The fourth-order valence-electron chi connectivity index (χ4n) is 4.23. The zero-order valence-corrected chi connectivity index (χ0v) is 17.3. The molecule has 3 rings (SSSR count). The average Bonchev–Trinajstić information content (AvgIpc) is 3.03. The normalized spacial score (nSPS) is 24.7. The number of rotatable bonds is 5. The van der Waals surface area contributed by atoms with Gasteiger partial charge in [-0.25, -0.2) is 8.42 Å². The van der Waals surface area contributed by atoms with Gasteiger partial charge in [0.05, 0.1) is 11.5 Å². The first-order valence-electron chi connectivity index (χ1n) is 9.97. The Morgan fingerprint density at radius 2 is 1.93 bits per heavy atom. The van der Waals surface area contributed by atoms with Crippen molar-refractivity contribution in [3.63, 3.8) is 0 Å². The summed E-state index contributed by atoms with van der Waals surface area (Å²) in [6.07, 6.45) is 1.86. The molecule has 0 saturated carbocycles. The van der Waals surface area contributed by atoms with E-state index in [1.807, 2.05) is 0 Å². The molecule has 150 valence electrons. The molecule has 0 radical (unpaired) electrons. The van der Waals surface area contributed by atoms with Crippen LogP contribution in [0, 0.1) is 5.92 Å². The molecule has 6 nitrogen and oxygen atoms in total. The van der Waals surface area contributed by atoms with Crippen molar-refractivity contribution in [2.75, 3.05) is 51.3 Å². The van der Waals surface area contributed by atoms with Gasteiger partial charge in [0.25, 0.3) is 0 Å². The second kappa shape index (κ2) is 9.06. The minimum atomic E-state index is -2.82. The van der Waals surface area contributed by atoms with Crippen molar-refractivity contribution in [2.45, 2.75) is 25.8 Å². The summed E-state index contributed by atoms with van der Waals surface area (Å²) in [6.45, 7) is 6.82. The lowest BCUT2D eigenvalue weighted by Gasteiger charge is -2.40. The number of nitrogens with one attached hydrogen (secondary N) is 1. The molecule has 1 N–H and O–H groups in total. The SMILES string of the molecule is CCC(c1ccccc1)N1CCN(C(=NC)NCC2CCS(=O)(=O)C2)CC1. The predicted octanol–water partition coefficient (Wildman–Crippen LogP) is 1.77. The molecule has 1 aromatic carbocycles. The van der Waals surface area contributed by atoms with Gasteiger partial charge < -0.3 is 10.2 Å². The second-order valence-electron chi connectivity index (χ2n) is 7.55. The maximum atomic E-state index is 11.6. The van der Waals surface area contributed by atoms with Crippen LogP contribution in [-0.4, -0.2) is 75.5 Å². The standard InChI is InChI=1S/C20H32N4O2S/c1-3-19(18-7-5-4-6-8-18)23-10-12-24(13-11-23)20(21-2)22-15-17-9-14-27(25,26)16-17/h4-8,17,19H,3,9-16H2,1-2H3,(H,21,22). The van der Waals surface area contributed by atoms with Crippen LogP contribution in [0.25, 0.3) is 0 Å². The summed E-state index contributed by atoms with van der Waals surface area (Å²) < 4.78 is 23.3. The summed E-state index contributed by atoms with van der Waals surface area (Å²) >= 11 is 0. The van der Waals surface area contributed by atoms with Gasteiger partial charge in [0.1, 0.15) is 0 Å². The minimum Gasteiger partial charge on any atom is -0.356 e. The Morgan fingerprint density at radius 3 is 2.48 bits per heavy atom. The maximum Gasteiger partial charge on any atom is 0.193 e. The number of nitrogens with zero attached hydrogens (tertiary/aromatic N) is 3. The zero-order chi connectivity index (χ0) is 19.3. The first kappa shape index (κ1) is 20.1. The number of hydrogen-bond donors (Lipinski definition) is 1. The molecule has 2 atom stereocenters. The highest BCUT2D eigenvalue weighted by Gasteiger charge is 2.29. The van der Waals surface area contributed by atoms with E-state index in [2.05, 4.69) is 57.4 Å².